The second-order valence-electron chi connectivity index (χ2n) is 4.73. The molecule has 2 N–H and O–H groups in total. The van der Waals surface area contributed by atoms with Gasteiger partial charge in [-0.15, -0.1) is 0 Å². The van der Waals surface area contributed by atoms with Crippen molar-refractivity contribution in [2.45, 2.75) is 24.7 Å². The number of aliphatic hydroxyl groups is 2. The molecule has 1 aliphatic rings. The summed E-state index contributed by atoms with van der Waals surface area (Å²) in [5.74, 6) is 0. The molecule has 1 aliphatic heterocycles. The van der Waals surface area contributed by atoms with E-state index in [1.165, 1.54) is 0 Å². The summed E-state index contributed by atoms with van der Waals surface area (Å²) in [6.07, 6.45) is 1.72. The SMILES string of the molecule is C=Cc1cccc(CC(OCC(O)CO)C2CO2)c1. The first-order valence-corrected chi connectivity index (χ1v) is 6.46. The Morgan fingerprint density at radius 2 is 2.32 bits per heavy atom. The van der Waals surface area contributed by atoms with E-state index in [1.807, 2.05) is 24.3 Å². The lowest BCUT2D eigenvalue weighted by Gasteiger charge is -2.18. The number of aliphatic hydroxyl groups excluding tert-OH is 2. The van der Waals surface area contributed by atoms with Gasteiger partial charge in [-0.1, -0.05) is 36.9 Å². The van der Waals surface area contributed by atoms with Crippen molar-refractivity contribution in [1.29, 1.82) is 0 Å². The number of rotatable bonds is 8. The highest BCUT2D eigenvalue weighted by molar-refractivity contribution is 5.48. The Labute approximate surface area is 113 Å². The second-order valence-corrected chi connectivity index (χ2v) is 4.73. The van der Waals surface area contributed by atoms with Crippen molar-refractivity contribution in [3.63, 3.8) is 0 Å². The normalized spacial score (nSPS) is 20.8. The minimum absolute atomic E-state index is 0.0822. The van der Waals surface area contributed by atoms with Crippen LogP contribution in [-0.2, 0) is 15.9 Å². The lowest BCUT2D eigenvalue weighted by Crippen LogP contribution is -2.29. The van der Waals surface area contributed by atoms with Gasteiger partial charge >= 0.3 is 0 Å². The van der Waals surface area contributed by atoms with Crippen LogP contribution in [0.1, 0.15) is 11.1 Å². The van der Waals surface area contributed by atoms with E-state index in [0.29, 0.717) is 6.61 Å². The molecule has 104 valence electrons. The molecule has 0 saturated carbocycles. The molecular weight excluding hydrogens is 244 g/mol. The highest BCUT2D eigenvalue weighted by Gasteiger charge is 2.34. The molecule has 0 radical (unpaired) electrons. The van der Waals surface area contributed by atoms with Gasteiger partial charge in [0, 0.05) is 6.42 Å². The lowest BCUT2D eigenvalue weighted by molar-refractivity contribution is -0.0366. The van der Waals surface area contributed by atoms with Crippen molar-refractivity contribution in [3.05, 3.63) is 42.0 Å². The van der Waals surface area contributed by atoms with Crippen LogP contribution in [0.4, 0.5) is 0 Å². The third-order valence-electron chi connectivity index (χ3n) is 3.11. The molecular formula is C15H20O4. The molecule has 0 aliphatic carbocycles. The third-order valence-corrected chi connectivity index (χ3v) is 3.11. The molecule has 0 aromatic heterocycles. The van der Waals surface area contributed by atoms with Crippen molar-refractivity contribution < 1.29 is 19.7 Å². The summed E-state index contributed by atoms with van der Waals surface area (Å²) < 4.78 is 10.9. The van der Waals surface area contributed by atoms with Crippen LogP contribution in [-0.4, -0.2) is 48.3 Å². The summed E-state index contributed by atoms with van der Waals surface area (Å²) in [6, 6.07) is 8.08. The smallest absolute Gasteiger partial charge is 0.107 e. The molecule has 0 spiro atoms. The highest BCUT2D eigenvalue weighted by Crippen LogP contribution is 2.21. The summed E-state index contributed by atoms with van der Waals surface area (Å²) in [5, 5.41) is 18.1. The summed E-state index contributed by atoms with van der Waals surface area (Å²) in [5.41, 5.74) is 2.22. The van der Waals surface area contributed by atoms with E-state index in [0.717, 1.165) is 17.5 Å². The maximum absolute atomic E-state index is 9.33. The van der Waals surface area contributed by atoms with Crippen LogP contribution in [0.3, 0.4) is 0 Å². The van der Waals surface area contributed by atoms with E-state index < -0.39 is 6.10 Å². The van der Waals surface area contributed by atoms with Crippen LogP contribution in [0.25, 0.3) is 6.08 Å². The maximum atomic E-state index is 9.33. The van der Waals surface area contributed by atoms with Gasteiger partial charge in [0.15, 0.2) is 0 Å². The largest absolute Gasteiger partial charge is 0.394 e. The molecule has 2 rings (SSSR count). The molecule has 1 aromatic carbocycles. The molecule has 4 nitrogen and oxygen atoms in total. The van der Waals surface area contributed by atoms with Crippen LogP contribution in [0.15, 0.2) is 30.8 Å². The molecule has 1 heterocycles. The molecule has 3 atom stereocenters. The predicted molar refractivity (Wildman–Crippen MR) is 72.8 cm³/mol. The van der Waals surface area contributed by atoms with Gasteiger partial charge in [-0.25, -0.2) is 0 Å². The van der Waals surface area contributed by atoms with Crippen LogP contribution >= 0.6 is 0 Å². The Hall–Kier alpha value is -1.20. The van der Waals surface area contributed by atoms with E-state index in [1.54, 1.807) is 0 Å². The van der Waals surface area contributed by atoms with E-state index in [4.69, 9.17) is 14.6 Å². The van der Waals surface area contributed by atoms with Gasteiger partial charge in [-0.3, -0.25) is 0 Å². The minimum atomic E-state index is -0.833. The van der Waals surface area contributed by atoms with Gasteiger partial charge in [0.25, 0.3) is 0 Å². The van der Waals surface area contributed by atoms with Crippen molar-refractivity contribution in [3.8, 4) is 0 Å². The molecule has 19 heavy (non-hydrogen) atoms. The maximum Gasteiger partial charge on any atom is 0.107 e. The van der Waals surface area contributed by atoms with Crippen molar-refractivity contribution >= 4 is 6.08 Å². The molecule has 1 fully saturated rings. The molecule has 1 saturated heterocycles. The third kappa shape index (κ3) is 4.44. The average molecular weight is 264 g/mol. The number of ether oxygens (including phenoxy) is 2. The zero-order chi connectivity index (χ0) is 13.7. The molecule has 3 unspecified atom stereocenters. The first kappa shape index (κ1) is 14.2. The Balaban J connectivity index is 1.93. The van der Waals surface area contributed by atoms with Crippen LogP contribution < -0.4 is 0 Å². The van der Waals surface area contributed by atoms with E-state index >= 15 is 0 Å². The zero-order valence-corrected chi connectivity index (χ0v) is 10.9. The topological polar surface area (TPSA) is 62.2 Å². The van der Waals surface area contributed by atoms with Gasteiger partial charge in [-0.05, 0) is 11.1 Å². The van der Waals surface area contributed by atoms with Gasteiger partial charge in [0.05, 0.1) is 25.9 Å². The summed E-state index contributed by atoms with van der Waals surface area (Å²) in [4.78, 5) is 0. The van der Waals surface area contributed by atoms with E-state index in [9.17, 15) is 5.11 Å². The fourth-order valence-corrected chi connectivity index (χ4v) is 1.93. The average Bonchev–Trinajstić information content (AvgIpc) is 3.27. The van der Waals surface area contributed by atoms with Gasteiger partial charge < -0.3 is 19.7 Å². The zero-order valence-electron chi connectivity index (χ0n) is 10.9. The quantitative estimate of drug-likeness (QED) is 0.688. The molecule has 0 amide bonds. The lowest BCUT2D eigenvalue weighted by atomic mass is 10.0. The summed E-state index contributed by atoms with van der Waals surface area (Å²) in [7, 11) is 0. The first-order chi connectivity index (χ1) is 9.22. The van der Waals surface area contributed by atoms with E-state index in [-0.39, 0.29) is 25.4 Å². The van der Waals surface area contributed by atoms with Crippen LogP contribution in [0, 0.1) is 0 Å². The Kier molecular flexibility index (Phi) is 5.10. The Morgan fingerprint density at radius 3 is 2.95 bits per heavy atom. The number of epoxide rings is 1. The van der Waals surface area contributed by atoms with Crippen LogP contribution in [0.5, 0.6) is 0 Å². The molecule has 0 bridgehead atoms. The predicted octanol–water partition coefficient (Wildman–Crippen LogP) is 1.01. The minimum Gasteiger partial charge on any atom is -0.394 e. The molecule has 1 aromatic rings. The van der Waals surface area contributed by atoms with Crippen molar-refractivity contribution in [2.75, 3.05) is 19.8 Å². The van der Waals surface area contributed by atoms with Gasteiger partial charge in [0.2, 0.25) is 0 Å². The van der Waals surface area contributed by atoms with Gasteiger partial charge in [0.1, 0.15) is 12.2 Å². The monoisotopic (exact) mass is 264 g/mol. The second kappa shape index (κ2) is 6.82. The summed E-state index contributed by atoms with van der Waals surface area (Å²) >= 11 is 0. The van der Waals surface area contributed by atoms with Crippen molar-refractivity contribution in [2.24, 2.45) is 0 Å². The Morgan fingerprint density at radius 1 is 1.53 bits per heavy atom. The number of benzene rings is 1. The standard InChI is InChI=1S/C15H20O4/c1-2-11-4-3-5-12(6-11)7-14(15-10-19-15)18-9-13(17)8-16/h2-6,13-17H,1,7-10H2. The first-order valence-electron chi connectivity index (χ1n) is 6.46. The van der Waals surface area contributed by atoms with Crippen LogP contribution in [0.2, 0.25) is 0 Å². The number of hydrogen-bond donors (Lipinski definition) is 2. The fraction of sp³-hybridized carbons (Fsp3) is 0.467. The van der Waals surface area contributed by atoms with Gasteiger partial charge in [-0.2, -0.15) is 0 Å². The Bertz CT molecular complexity index is 414. The highest BCUT2D eigenvalue weighted by atomic mass is 16.6. The summed E-state index contributed by atoms with van der Waals surface area (Å²) in [6.45, 7) is 4.29. The molecule has 4 heteroatoms. The van der Waals surface area contributed by atoms with Crippen molar-refractivity contribution in [1.82, 2.24) is 0 Å². The van der Waals surface area contributed by atoms with E-state index in [2.05, 4.69) is 12.6 Å². The fourth-order valence-electron chi connectivity index (χ4n) is 1.93. The number of hydrogen-bond acceptors (Lipinski definition) is 4.